The van der Waals surface area contributed by atoms with E-state index in [1.165, 1.54) is 32.3 Å². The highest BCUT2D eigenvalue weighted by atomic mass is 16.1. The highest BCUT2D eigenvalue weighted by Crippen LogP contribution is 2.41. The van der Waals surface area contributed by atoms with Crippen LogP contribution in [0.4, 0.5) is 0 Å². The number of hydrogen-bond donors (Lipinski definition) is 0. The summed E-state index contributed by atoms with van der Waals surface area (Å²) in [7, 11) is 0. The van der Waals surface area contributed by atoms with Gasteiger partial charge in [-0.2, -0.15) is 0 Å². The van der Waals surface area contributed by atoms with Crippen LogP contribution < -0.4 is 5.56 Å². The zero-order chi connectivity index (χ0) is 27.1. The van der Waals surface area contributed by atoms with Crippen molar-refractivity contribution in [2.24, 2.45) is 0 Å². The van der Waals surface area contributed by atoms with Gasteiger partial charge in [-0.15, -0.1) is 0 Å². The molecular formula is C38H22N2O. The third-order valence-electron chi connectivity index (χ3n) is 8.54. The summed E-state index contributed by atoms with van der Waals surface area (Å²) < 4.78 is 1.82. The van der Waals surface area contributed by atoms with Crippen molar-refractivity contribution < 1.29 is 0 Å². The van der Waals surface area contributed by atoms with Crippen molar-refractivity contribution in [3.63, 3.8) is 0 Å². The molecule has 0 bridgehead atoms. The second-order valence-electron chi connectivity index (χ2n) is 10.7. The molecule has 0 radical (unpaired) electrons. The predicted molar refractivity (Wildman–Crippen MR) is 171 cm³/mol. The number of fused-ring (bicyclic) bond motifs is 8. The van der Waals surface area contributed by atoms with Gasteiger partial charge in [-0.25, -0.2) is 4.98 Å². The smallest absolute Gasteiger partial charge is 0.264 e. The van der Waals surface area contributed by atoms with E-state index in [4.69, 9.17) is 4.98 Å². The Morgan fingerprint density at radius 3 is 1.71 bits per heavy atom. The standard InChI is InChI=1S/C38H22N2O/c41-38-32-17-9-8-16-31(32)35-25(20-21-34-36(35)40(38)37(39-34)23-10-2-1-3-11-23)24-18-19-30-28-14-5-4-12-26(28)27-13-6-7-15-29(27)33(30)22-24/h1-22H. The van der Waals surface area contributed by atoms with E-state index in [0.717, 1.165) is 38.5 Å². The van der Waals surface area contributed by atoms with Crippen molar-refractivity contribution in [2.45, 2.75) is 0 Å². The molecule has 7 aromatic carbocycles. The Morgan fingerprint density at radius 1 is 0.463 bits per heavy atom. The largest absolute Gasteiger partial charge is 0.268 e. The van der Waals surface area contributed by atoms with E-state index < -0.39 is 0 Å². The lowest BCUT2D eigenvalue weighted by Gasteiger charge is -2.14. The van der Waals surface area contributed by atoms with Crippen LogP contribution in [0.15, 0.2) is 138 Å². The Hall–Kier alpha value is -5.54. The Morgan fingerprint density at radius 2 is 1.02 bits per heavy atom. The first kappa shape index (κ1) is 22.3. The molecule has 0 aliphatic rings. The normalized spacial score (nSPS) is 12.0. The van der Waals surface area contributed by atoms with Gasteiger partial charge in [0, 0.05) is 16.3 Å². The third kappa shape index (κ3) is 3.03. The fourth-order valence-electron chi connectivity index (χ4n) is 6.74. The SMILES string of the molecule is O=c1c2ccccc2c2c(-c3ccc4c5ccccc5c5ccccc5c4c3)ccc3nc(-c4ccccc4)n1c32. The average molecular weight is 523 g/mol. The molecule has 2 aromatic heterocycles. The van der Waals surface area contributed by atoms with E-state index in [9.17, 15) is 4.79 Å². The van der Waals surface area contributed by atoms with Gasteiger partial charge < -0.3 is 0 Å². The summed E-state index contributed by atoms with van der Waals surface area (Å²) >= 11 is 0. The molecule has 41 heavy (non-hydrogen) atoms. The molecule has 0 unspecified atom stereocenters. The number of nitrogens with zero attached hydrogens (tertiary/aromatic N) is 2. The average Bonchev–Trinajstić information content (AvgIpc) is 3.44. The first-order chi connectivity index (χ1) is 20.3. The summed E-state index contributed by atoms with van der Waals surface area (Å²) in [5.74, 6) is 0.675. The Balaban J connectivity index is 1.44. The fraction of sp³-hybridized carbons (Fsp3) is 0. The monoisotopic (exact) mass is 522 g/mol. The number of benzene rings is 7. The summed E-state index contributed by atoms with van der Waals surface area (Å²) in [6, 6.07) is 46.2. The maximum Gasteiger partial charge on any atom is 0.264 e. The van der Waals surface area contributed by atoms with Crippen LogP contribution in [-0.2, 0) is 0 Å². The van der Waals surface area contributed by atoms with Gasteiger partial charge in [0.1, 0.15) is 5.82 Å². The summed E-state index contributed by atoms with van der Waals surface area (Å²) in [6.45, 7) is 0. The summed E-state index contributed by atoms with van der Waals surface area (Å²) in [4.78, 5) is 19.0. The summed E-state index contributed by atoms with van der Waals surface area (Å²) in [5.41, 5.74) is 4.79. The summed E-state index contributed by atoms with van der Waals surface area (Å²) in [5, 5.41) is 10.2. The minimum absolute atomic E-state index is 0.0393. The van der Waals surface area contributed by atoms with Crippen molar-refractivity contribution in [3.05, 3.63) is 144 Å². The van der Waals surface area contributed by atoms with E-state index in [-0.39, 0.29) is 5.56 Å². The minimum Gasteiger partial charge on any atom is -0.268 e. The van der Waals surface area contributed by atoms with Gasteiger partial charge in [0.05, 0.1) is 11.0 Å². The van der Waals surface area contributed by atoms with Crippen LogP contribution in [0.3, 0.4) is 0 Å². The molecule has 9 rings (SSSR count). The lowest BCUT2D eigenvalue weighted by molar-refractivity contribution is 1.13. The van der Waals surface area contributed by atoms with Crippen LogP contribution in [0.5, 0.6) is 0 Å². The van der Waals surface area contributed by atoms with E-state index in [1.807, 2.05) is 52.9 Å². The molecule has 0 spiro atoms. The van der Waals surface area contributed by atoms with Crippen LogP contribution in [0.1, 0.15) is 0 Å². The second kappa shape index (κ2) is 8.23. The third-order valence-corrected chi connectivity index (χ3v) is 8.54. The van der Waals surface area contributed by atoms with Crippen LogP contribution in [0.25, 0.3) is 82.0 Å². The van der Waals surface area contributed by atoms with E-state index >= 15 is 0 Å². The van der Waals surface area contributed by atoms with E-state index in [0.29, 0.717) is 11.2 Å². The zero-order valence-corrected chi connectivity index (χ0v) is 22.0. The van der Waals surface area contributed by atoms with Gasteiger partial charge in [0.2, 0.25) is 0 Å². The van der Waals surface area contributed by atoms with Crippen molar-refractivity contribution in [1.29, 1.82) is 0 Å². The summed E-state index contributed by atoms with van der Waals surface area (Å²) in [6.07, 6.45) is 0. The van der Waals surface area contributed by atoms with Gasteiger partial charge in [-0.3, -0.25) is 9.20 Å². The predicted octanol–water partition coefficient (Wildman–Crippen LogP) is 9.23. The molecular weight excluding hydrogens is 500 g/mol. The maximum absolute atomic E-state index is 14.0. The number of pyridine rings is 1. The molecule has 3 nitrogen and oxygen atoms in total. The minimum atomic E-state index is -0.0393. The van der Waals surface area contributed by atoms with Crippen molar-refractivity contribution in [3.8, 4) is 22.5 Å². The number of aromatic nitrogens is 2. The Kier molecular flexibility index (Phi) is 4.48. The van der Waals surface area contributed by atoms with Gasteiger partial charge >= 0.3 is 0 Å². The molecule has 2 heterocycles. The van der Waals surface area contributed by atoms with E-state index in [1.54, 1.807) is 0 Å². The highest BCUT2D eigenvalue weighted by molar-refractivity contribution is 6.26. The topological polar surface area (TPSA) is 34.4 Å². The van der Waals surface area contributed by atoms with Gasteiger partial charge in [0.15, 0.2) is 0 Å². The molecule has 3 heteroatoms. The molecule has 0 aliphatic carbocycles. The zero-order valence-electron chi connectivity index (χ0n) is 22.0. The quantitative estimate of drug-likeness (QED) is 0.212. The molecule has 0 atom stereocenters. The first-order valence-corrected chi connectivity index (χ1v) is 13.9. The molecule has 0 fully saturated rings. The Labute approximate surface area is 234 Å². The first-order valence-electron chi connectivity index (χ1n) is 13.9. The van der Waals surface area contributed by atoms with Gasteiger partial charge in [-0.1, -0.05) is 115 Å². The van der Waals surface area contributed by atoms with Crippen LogP contribution in [-0.4, -0.2) is 9.38 Å². The van der Waals surface area contributed by atoms with Crippen LogP contribution >= 0.6 is 0 Å². The van der Waals surface area contributed by atoms with Gasteiger partial charge in [0.25, 0.3) is 5.56 Å². The molecule has 0 saturated carbocycles. The molecule has 0 amide bonds. The van der Waals surface area contributed by atoms with Crippen LogP contribution in [0.2, 0.25) is 0 Å². The second-order valence-corrected chi connectivity index (χ2v) is 10.7. The number of rotatable bonds is 2. The lowest BCUT2D eigenvalue weighted by Crippen LogP contribution is -2.14. The molecule has 0 saturated heterocycles. The lowest BCUT2D eigenvalue weighted by atomic mass is 9.90. The molecule has 9 aromatic rings. The van der Waals surface area contributed by atoms with Crippen molar-refractivity contribution in [1.82, 2.24) is 9.38 Å². The fourth-order valence-corrected chi connectivity index (χ4v) is 6.74. The molecule has 0 N–H and O–H groups in total. The van der Waals surface area contributed by atoms with Crippen LogP contribution in [0, 0.1) is 0 Å². The van der Waals surface area contributed by atoms with Crippen molar-refractivity contribution in [2.75, 3.05) is 0 Å². The molecule has 190 valence electrons. The maximum atomic E-state index is 14.0. The van der Waals surface area contributed by atoms with Gasteiger partial charge in [-0.05, 0) is 67.0 Å². The molecule has 0 aliphatic heterocycles. The van der Waals surface area contributed by atoms with E-state index in [2.05, 4.69) is 84.9 Å². The number of imidazole rings is 1. The van der Waals surface area contributed by atoms with Crippen molar-refractivity contribution >= 4 is 59.5 Å². The number of hydrogen-bond acceptors (Lipinski definition) is 2. The Bertz CT molecular complexity index is 2510. The highest BCUT2D eigenvalue weighted by Gasteiger charge is 2.21.